The smallest absolute Gasteiger partial charge is 0.245 e. The molecule has 1 aromatic carbocycles. The Hall–Kier alpha value is -0.790. The van der Waals surface area contributed by atoms with Crippen LogP contribution in [0.25, 0.3) is 0 Å². The standard InChI is InChI=1S/C14H21FN2O2S2/c1-20-14(8-3-2-4-9-14)10-17-21(18,19)13-11(15)6-5-7-12(13)16/h5-7,17H,2-4,8-10,16H2,1H3. The topological polar surface area (TPSA) is 72.2 Å². The summed E-state index contributed by atoms with van der Waals surface area (Å²) in [6, 6.07) is 3.90. The average Bonchev–Trinajstić information content (AvgIpc) is 2.46. The highest BCUT2D eigenvalue weighted by Crippen LogP contribution is 2.38. The van der Waals surface area contributed by atoms with Crippen LogP contribution in [-0.4, -0.2) is 26.0 Å². The maximum atomic E-state index is 13.8. The van der Waals surface area contributed by atoms with Crippen molar-refractivity contribution in [3.8, 4) is 0 Å². The molecular formula is C14H21FN2O2S2. The van der Waals surface area contributed by atoms with Crippen LogP contribution < -0.4 is 10.5 Å². The van der Waals surface area contributed by atoms with Crippen LogP contribution in [0.2, 0.25) is 0 Å². The fraction of sp³-hybridized carbons (Fsp3) is 0.571. The summed E-state index contributed by atoms with van der Waals surface area (Å²) in [6.07, 6.45) is 7.34. The Morgan fingerprint density at radius 3 is 2.57 bits per heavy atom. The van der Waals surface area contributed by atoms with Gasteiger partial charge in [0.25, 0.3) is 0 Å². The fourth-order valence-corrected chi connectivity index (χ4v) is 5.08. The number of nitrogens with two attached hydrogens (primary N) is 1. The zero-order valence-corrected chi connectivity index (χ0v) is 13.7. The number of sulfonamides is 1. The van der Waals surface area contributed by atoms with Crippen molar-refractivity contribution in [2.24, 2.45) is 0 Å². The molecule has 1 aliphatic carbocycles. The number of thioether (sulfide) groups is 1. The lowest BCUT2D eigenvalue weighted by atomic mass is 9.88. The van der Waals surface area contributed by atoms with Gasteiger partial charge in [-0.15, -0.1) is 0 Å². The van der Waals surface area contributed by atoms with Gasteiger partial charge >= 0.3 is 0 Å². The van der Waals surface area contributed by atoms with Crippen molar-refractivity contribution >= 4 is 27.5 Å². The molecule has 0 radical (unpaired) electrons. The van der Waals surface area contributed by atoms with Gasteiger partial charge in [-0.1, -0.05) is 25.3 Å². The van der Waals surface area contributed by atoms with E-state index in [2.05, 4.69) is 4.72 Å². The van der Waals surface area contributed by atoms with E-state index in [1.54, 1.807) is 11.8 Å². The third-order valence-corrected chi connectivity index (χ3v) is 6.96. The van der Waals surface area contributed by atoms with Gasteiger partial charge in [-0.3, -0.25) is 0 Å². The summed E-state index contributed by atoms with van der Waals surface area (Å²) in [5.74, 6) is -0.815. The summed E-state index contributed by atoms with van der Waals surface area (Å²) in [4.78, 5) is -0.447. The number of anilines is 1. The molecule has 2 rings (SSSR count). The van der Waals surface area contributed by atoms with E-state index >= 15 is 0 Å². The molecule has 0 amide bonds. The van der Waals surface area contributed by atoms with Gasteiger partial charge in [0.15, 0.2) is 0 Å². The van der Waals surface area contributed by atoms with E-state index < -0.39 is 20.7 Å². The van der Waals surface area contributed by atoms with E-state index in [0.29, 0.717) is 6.54 Å². The molecule has 0 atom stereocenters. The SMILES string of the molecule is CSC1(CNS(=O)(=O)c2c(N)cccc2F)CCCCC1. The quantitative estimate of drug-likeness (QED) is 0.813. The summed E-state index contributed by atoms with van der Waals surface area (Å²) in [5, 5.41) is 0. The van der Waals surface area contributed by atoms with E-state index in [-0.39, 0.29) is 10.4 Å². The molecule has 21 heavy (non-hydrogen) atoms. The summed E-state index contributed by atoms with van der Waals surface area (Å²) in [5.41, 5.74) is 5.55. The maximum absolute atomic E-state index is 13.8. The largest absolute Gasteiger partial charge is 0.398 e. The van der Waals surface area contributed by atoms with Crippen molar-refractivity contribution in [3.05, 3.63) is 24.0 Å². The lowest BCUT2D eigenvalue weighted by molar-refractivity contribution is 0.394. The Morgan fingerprint density at radius 2 is 2.00 bits per heavy atom. The molecule has 1 saturated carbocycles. The second-order valence-corrected chi connectivity index (χ2v) is 8.41. The lowest BCUT2D eigenvalue weighted by Crippen LogP contribution is -2.42. The molecule has 3 N–H and O–H groups in total. The minimum Gasteiger partial charge on any atom is -0.398 e. The molecule has 0 aromatic heterocycles. The van der Waals surface area contributed by atoms with E-state index in [9.17, 15) is 12.8 Å². The van der Waals surface area contributed by atoms with Gasteiger partial charge in [-0.25, -0.2) is 17.5 Å². The lowest BCUT2D eigenvalue weighted by Gasteiger charge is -2.35. The van der Waals surface area contributed by atoms with Crippen molar-refractivity contribution in [1.82, 2.24) is 4.72 Å². The number of halogens is 1. The second kappa shape index (κ2) is 6.54. The zero-order chi connectivity index (χ0) is 15.5. The van der Waals surface area contributed by atoms with Crippen molar-refractivity contribution in [1.29, 1.82) is 0 Å². The highest BCUT2D eigenvalue weighted by atomic mass is 32.2. The minimum absolute atomic E-state index is 0.0654. The van der Waals surface area contributed by atoms with Crippen molar-refractivity contribution in [3.63, 3.8) is 0 Å². The number of hydrogen-bond acceptors (Lipinski definition) is 4. The number of rotatable bonds is 5. The van der Waals surface area contributed by atoms with Crippen LogP contribution >= 0.6 is 11.8 Å². The molecule has 118 valence electrons. The number of nitrogens with one attached hydrogen (secondary N) is 1. The molecule has 1 fully saturated rings. The Morgan fingerprint density at radius 1 is 1.33 bits per heavy atom. The molecule has 0 aliphatic heterocycles. The van der Waals surface area contributed by atoms with Gasteiger partial charge < -0.3 is 5.73 Å². The van der Waals surface area contributed by atoms with E-state index in [1.807, 2.05) is 6.26 Å². The Labute approximate surface area is 129 Å². The normalized spacial score (nSPS) is 18.6. The predicted octanol–water partition coefficient (Wildman–Crippen LogP) is 2.75. The van der Waals surface area contributed by atoms with Gasteiger partial charge in [0.05, 0.1) is 5.69 Å². The number of nitrogen functional groups attached to an aromatic ring is 1. The molecule has 0 unspecified atom stereocenters. The van der Waals surface area contributed by atoms with Gasteiger partial charge in [-0.05, 0) is 31.2 Å². The Balaban J connectivity index is 2.18. The van der Waals surface area contributed by atoms with E-state index in [4.69, 9.17) is 5.73 Å². The van der Waals surface area contributed by atoms with Crippen LogP contribution in [0.5, 0.6) is 0 Å². The first kappa shape index (κ1) is 16.6. The molecule has 0 heterocycles. The molecule has 0 saturated heterocycles. The fourth-order valence-electron chi connectivity index (χ4n) is 2.76. The predicted molar refractivity (Wildman–Crippen MR) is 85.3 cm³/mol. The van der Waals surface area contributed by atoms with E-state index in [0.717, 1.165) is 31.7 Å². The van der Waals surface area contributed by atoms with Gasteiger partial charge in [0, 0.05) is 11.3 Å². The first-order valence-electron chi connectivity index (χ1n) is 6.99. The van der Waals surface area contributed by atoms with Gasteiger partial charge in [0.1, 0.15) is 10.7 Å². The molecule has 1 aromatic rings. The summed E-state index contributed by atoms with van der Waals surface area (Å²) in [7, 11) is -3.93. The monoisotopic (exact) mass is 332 g/mol. The van der Waals surface area contributed by atoms with Crippen LogP contribution in [-0.2, 0) is 10.0 Å². The van der Waals surface area contributed by atoms with Gasteiger partial charge in [0.2, 0.25) is 10.0 Å². The van der Waals surface area contributed by atoms with Crippen molar-refractivity contribution in [2.45, 2.75) is 41.7 Å². The van der Waals surface area contributed by atoms with Crippen LogP contribution in [0.4, 0.5) is 10.1 Å². The third-order valence-electron chi connectivity index (χ3n) is 4.05. The van der Waals surface area contributed by atoms with Gasteiger partial charge in [-0.2, -0.15) is 11.8 Å². The maximum Gasteiger partial charge on any atom is 0.245 e. The molecule has 4 nitrogen and oxygen atoms in total. The Bertz CT molecular complexity index is 579. The highest BCUT2D eigenvalue weighted by molar-refractivity contribution is 8.00. The first-order valence-corrected chi connectivity index (χ1v) is 9.70. The average molecular weight is 332 g/mol. The molecule has 1 aliphatic rings. The Kier molecular flexibility index (Phi) is 5.16. The highest BCUT2D eigenvalue weighted by Gasteiger charge is 2.33. The zero-order valence-electron chi connectivity index (χ0n) is 12.1. The van der Waals surface area contributed by atoms with Crippen LogP contribution in [0.3, 0.4) is 0 Å². The number of benzene rings is 1. The molecule has 7 heteroatoms. The molecule has 0 spiro atoms. The van der Waals surface area contributed by atoms with E-state index in [1.165, 1.54) is 18.6 Å². The third kappa shape index (κ3) is 3.70. The molecule has 0 bridgehead atoms. The van der Waals surface area contributed by atoms with Crippen LogP contribution in [0, 0.1) is 5.82 Å². The molecular weight excluding hydrogens is 311 g/mol. The van der Waals surface area contributed by atoms with Crippen molar-refractivity contribution < 1.29 is 12.8 Å². The second-order valence-electron chi connectivity index (χ2n) is 5.43. The van der Waals surface area contributed by atoms with Crippen LogP contribution in [0.1, 0.15) is 32.1 Å². The summed E-state index contributed by atoms with van der Waals surface area (Å²) < 4.78 is 40.9. The number of hydrogen-bond donors (Lipinski definition) is 2. The minimum atomic E-state index is -3.93. The summed E-state index contributed by atoms with van der Waals surface area (Å²) >= 11 is 1.69. The van der Waals surface area contributed by atoms with Crippen molar-refractivity contribution in [2.75, 3.05) is 18.5 Å². The van der Waals surface area contributed by atoms with Crippen LogP contribution in [0.15, 0.2) is 23.1 Å². The first-order chi connectivity index (χ1) is 9.90. The summed E-state index contributed by atoms with van der Waals surface area (Å²) in [6.45, 7) is 0.310.